The van der Waals surface area contributed by atoms with Crippen LogP contribution in [0, 0.1) is 84.0 Å². The van der Waals surface area contributed by atoms with Crippen molar-refractivity contribution in [2.75, 3.05) is 0 Å². The van der Waals surface area contributed by atoms with Crippen LogP contribution in [0.3, 0.4) is 0 Å². The zero-order chi connectivity index (χ0) is 16.3. The molecule has 2 aliphatic rings. The second kappa shape index (κ2) is 22.9. The minimum absolute atomic E-state index is 0. The van der Waals surface area contributed by atoms with Crippen LogP contribution in [0.5, 0.6) is 0 Å². The van der Waals surface area contributed by atoms with Crippen molar-refractivity contribution in [2.45, 2.75) is 58.3 Å². The Balaban J connectivity index is 0. The molecule has 1 heteroatoms. The number of hydrogen-bond acceptors (Lipinski definition) is 0. The van der Waals surface area contributed by atoms with Gasteiger partial charge in [-0.1, -0.05) is 51.9 Å². The van der Waals surface area contributed by atoms with Gasteiger partial charge in [-0.3, -0.25) is 0 Å². The molecule has 0 nitrogen and oxygen atoms in total. The van der Waals surface area contributed by atoms with Crippen molar-refractivity contribution in [3.8, 4) is 0 Å². The molecule has 0 N–H and O–H groups in total. The normalized spacial score (nSPS) is 17.3. The Morgan fingerprint density at radius 2 is 1.00 bits per heavy atom. The van der Waals surface area contributed by atoms with Gasteiger partial charge in [-0.2, -0.15) is 5.92 Å². The summed E-state index contributed by atoms with van der Waals surface area (Å²) in [6, 6.07) is 0. The van der Waals surface area contributed by atoms with Gasteiger partial charge in [0.1, 0.15) is 0 Å². The summed E-state index contributed by atoms with van der Waals surface area (Å²) in [4.78, 5) is 0. The molecule has 0 aromatic carbocycles. The van der Waals surface area contributed by atoms with Gasteiger partial charge < -0.3 is 13.8 Å². The van der Waals surface area contributed by atoms with Gasteiger partial charge in [-0.05, 0) is 64.2 Å². The molecule has 0 aromatic heterocycles. The van der Waals surface area contributed by atoms with E-state index in [0.29, 0.717) is 5.92 Å². The topological polar surface area (TPSA) is 0 Å². The zero-order valence-corrected chi connectivity index (χ0v) is 17.4. The Kier molecular flexibility index (Phi) is 26.0. The summed E-state index contributed by atoms with van der Waals surface area (Å²) < 4.78 is 0. The van der Waals surface area contributed by atoms with E-state index in [1.165, 1.54) is 44.9 Å². The van der Waals surface area contributed by atoms with Crippen LogP contribution in [0.2, 0.25) is 0 Å². The second-order valence-electron chi connectivity index (χ2n) is 5.64. The van der Waals surface area contributed by atoms with Gasteiger partial charge in [0.05, 0.1) is 0 Å². The Hall–Kier alpha value is 0.883. The molecule has 23 heavy (non-hydrogen) atoms. The molecule has 2 saturated carbocycles. The van der Waals surface area contributed by atoms with E-state index in [1.54, 1.807) is 0 Å². The molecule has 0 aromatic rings. The molecule has 1 atom stereocenters. The molecule has 126 valence electrons. The van der Waals surface area contributed by atoms with E-state index >= 15 is 0 Å². The maximum absolute atomic E-state index is 4.03. The van der Waals surface area contributed by atoms with Crippen LogP contribution in [0.1, 0.15) is 58.3 Å². The number of hydrogen-bond donors (Lipinski definition) is 0. The van der Waals surface area contributed by atoms with Gasteiger partial charge in [0, 0.05) is 0 Å². The van der Waals surface area contributed by atoms with Gasteiger partial charge in [-0.15, -0.1) is 0 Å². The molecule has 0 bridgehead atoms. The minimum Gasteiger partial charge on any atom is -0.345 e. The van der Waals surface area contributed by atoms with E-state index in [4.69, 9.17) is 0 Å². The first-order valence-corrected chi connectivity index (χ1v) is 8.77. The fourth-order valence-corrected chi connectivity index (χ4v) is 2.00. The maximum Gasteiger partial charge on any atom is 2.00 e. The average molecular weight is 390 g/mol. The largest absolute Gasteiger partial charge is 2.00 e. The van der Waals surface area contributed by atoms with E-state index < -0.39 is 0 Å². The first-order valence-electron chi connectivity index (χ1n) is 8.77. The number of unbranched alkanes of at least 4 members (excludes halogenated alkanes) is 5. The molecule has 0 saturated heterocycles. The monoisotopic (exact) mass is 388 g/mol. The molecule has 10 radical (unpaired) electrons. The summed E-state index contributed by atoms with van der Waals surface area (Å²) in [5.41, 5.74) is 0. The molecule has 1 unspecified atom stereocenters. The fraction of sp³-hybridized carbons (Fsp3) is 0.455. The van der Waals surface area contributed by atoms with Crippen molar-refractivity contribution in [2.24, 2.45) is 5.92 Å². The molecule has 2 fully saturated rings. The third-order valence-corrected chi connectivity index (χ3v) is 3.49. The molecular weight excluding hydrogens is 355 g/mol. The van der Waals surface area contributed by atoms with Crippen LogP contribution in [0.15, 0.2) is 0 Å². The predicted octanol–water partition coefficient (Wildman–Crippen LogP) is 6.45. The average Bonchev–Trinajstić information content (AvgIpc) is 3.28. The van der Waals surface area contributed by atoms with Crippen molar-refractivity contribution in [3.05, 3.63) is 78.1 Å². The van der Waals surface area contributed by atoms with E-state index in [9.17, 15) is 0 Å². The summed E-state index contributed by atoms with van der Waals surface area (Å²) in [7, 11) is 0. The fourth-order valence-electron chi connectivity index (χ4n) is 2.00. The maximum atomic E-state index is 4.03. The summed E-state index contributed by atoms with van der Waals surface area (Å²) in [5.74, 6) is 0.594. The summed E-state index contributed by atoms with van der Waals surface area (Å²) in [6.45, 7) is 10.1. The molecule has 0 aliphatic heterocycles. The smallest absolute Gasteiger partial charge is 0.345 e. The van der Waals surface area contributed by atoms with Gasteiger partial charge >= 0.3 is 26.2 Å². The standard InChI is InChI=1S/C12H24.2C5H5.Zr/c1-4-6-7-8-9-10-11-12(3)5-2;2*1-2-4-5-3-1;/h12H,2-11H2,1H3;2*1-5H;/q-2;;;+2. The Morgan fingerprint density at radius 1 is 0.652 bits per heavy atom. The summed E-state index contributed by atoms with van der Waals surface area (Å²) in [6.07, 6.45) is 30.6. The Bertz CT molecular complexity index is 157. The Labute approximate surface area is 168 Å². The van der Waals surface area contributed by atoms with E-state index in [0.717, 1.165) is 6.42 Å². The van der Waals surface area contributed by atoms with Crippen LogP contribution >= 0.6 is 0 Å². The van der Waals surface area contributed by atoms with Crippen molar-refractivity contribution < 1.29 is 26.2 Å². The SMILES string of the molecule is [CH2-]CC([CH2-])CCCCCCCC.[CH]1[CH][CH][CH][CH]1.[CH]1[CH][CH][CH][CH]1.[Zr+2]. The van der Waals surface area contributed by atoms with Crippen molar-refractivity contribution >= 4 is 0 Å². The minimum atomic E-state index is 0. The molecule has 2 aliphatic carbocycles. The van der Waals surface area contributed by atoms with E-state index in [-0.39, 0.29) is 26.2 Å². The third kappa shape index (κ3) is 22.9. The van der Waals surface area contributed by atoms with Gasteiger partial charge in [0.25, 0.3) is 0 Å². The predicted molar refractivity (Wildman–Crippen MR) is 99.8 cm³/mol. The first kappa shape index (κ1) is 26.1. The van der Waals surface area contributed by atoms with Gasteiger partial charge in [0.15, 0.2) is 0 Å². The molecular formula is C22H34Zr. The van der Waals surface area contributed by atoms with Gasteiger partial charge in [0.2, 0.25) is 0 Å². The van der Waals surface area contributed by atoms with Crippen LogP contribution < -0.4 is 0 Å². The first-order chi connectivity index (χ1) is 10.8. The van der Waals surface area contributed by atoms with Crippen molar-refractivity contribution in [3.63, 3.8) is 0 Å². The molecule has 0 amide bonds. The third-order valence-electron chi connectivity index (χ3n) is 3.49. The molecule has 2 rings (SSSR count). The Morgan fingerprint density at radius 3 is 1.35 bits per heavy atom. The van der Waals surface area contributed by atoms with E-state index in [1.807, 2.05) is 64.2 Å². The molecule has 0 heterocycles. The van der Waals surface area contributed by atoms with Crippen molar-refractivity contribution in [1.82, 2.24) is 0 Å². The van der Waals surface area contributed by atoms with Crippen LogP contribution in [0.25, 0.3) is 0 Å². The quantitative estimate of drug-likeness (QED) is 0.330. The second-order valence-corrected chi connectivity index (χ2v) is 5.64. The van der Waals surface area contributed by atoms with Gasteiger partial charge in [-0.25, -0.2) is 6.42 Å². The van der Waals surface area contributed by atoms with Crippen LogP contribution in [-0.2, 0) is 26.2 Å². The van der Waals surface area contributed by atoms with Crippen LogP contribution in [-0.4, -0.2) is 0 Å². The molecule has 0 spiro atoms. The van der Waals surface area contributed by atoms with Crippen LogP contribution in [0.4, 0.5) is 0 Å². The van der Waals surface area contributed by atoms with Crippen molar-refractivity contribution in [1.29, 1.82) is 0 Å². The van der Waals surface area contributed by atoms with E-state index in [2.05, 4.69) is 20.8 Å². The zero-order valence-electron chi connectivity index (χ0n) is 14.9. The summed E-state index contributed by atoms with van der Waals surface area (Å²) >= 11 is 0. The summed E-state index contributed by atoms with van der Waals surface area (Å²) in [5, 5.41) is 0. The number of rotatable bonds is 8.